The number of ether oxygens (including phenoxy) is 1. The molecule has 3 rings (SSSR count). The van der Waals surface area contributed by atoms with Crippen molar-refractivity contribution >= 4 is 32.6 Å². The standard InChI is InChI=1S/C16H15N3O2S/c1-11-6-5-9-13-15(11)17-16(22-13)19-18-14(20)10-21-12-7-3-2-4-8-12/h2-9H,10H2,1H3,(H,17,19)(H,18,20). The predicted molar refractivity (Wildman–Crippen MR) is 88.1 cm³/mol. The molecule has 0 saturated heterocycles. The molecule has 0 atom stereocenters. The van der Waals surface area contributed by atoms with Gasteiger partial charge in [0.2, 0.25) is 5.13 Å². The summed E-state index contributed by atoms with van der Waals surface area (Å²) < 4.78 is 6.45. The van der Waals surface area contributed by atoms with Gasteiger partial charge in [0.1, 0.15) is 5.75 Å². The van der Waals surface area contributed by atoms with Crippen LogP contribution in [0, 0.1) is 6.92 Å². The summed E-state index contributed by atoms with van der Waals surface area (Å²) in [6.07, 6.45) is 0. The number of anilines is 1. The lowest BCUT2D eigenvalue weighted by atomic mass is 10.2. The van der Waals surface area contributed by atoms with Crippen LogP contribution in [0.15, 0.2) is 48.5 Å². The molecule has 0 radical (unpaired) electrons. The van der Waals surface area contributed by atoms with Gasteiger partial charge >= 0.3 is 0 Å². The molecule has 6 heteroatoms. The van der Waals surface area contributed by atoms with E-state index in [0.717, 1.165) is 15.8 Å². The number of thiazole rings is 1. The second-order valence-electron chi connectivity index (χ2n) is 4.72. The maximum absolute atomic E-state index is 11.8. The molecule has 22 heavy (non-hydrogen) atoms. The molecule has 1 amide bonds. The molecule has 2 N–H and O–H groups in total. The highest BCUT2D eigenvalue weighted by Crippen LogP contribution is 2.27. The van der Waals surface area contributed by atoms with Gasteiger partial charge in [0.05, 0.1) is 10.2 Å². The number of hydrazine groups is 1. The van der Waals surface area contributed by atoms with Gasteiger partial charge in [-0.3, -0.25) is 15.6 Å². The topological polar surface area (TPSA) is 63.2 Å². The van der Waals surface area contributed by atoms with Gasteiger partial charge in [0.15, 0.2) is 6.61 Å². The Morgan fingerprint density at radius 1 is 1.18 bits per heavy atom. The maximum Gasteiger partial charge on any atom is 0.276 e. The number of aromatic nitrogens is 1. The van der Waals surface area contributed by atoms with Gasteiger partial charge in [-0.05, 0) is 30.7 Å². The zero-order chi connectivity index (χ0) is 15.4. The van der Waals surface area contributed by atoms with E-state index in [2.05, 4.69) is 15.8 Å². The molecule has 0 spiro atoms. The number of rotatable bonds is 5. The Morgan fingerprint density at radius 2 is 2.00 bits per heavy atom. The maximum atomic E-state index is 11.8. The summed E-state index contributed by atoms with van der Waals surface area (Å²) >= 11 is 1.49. The van der Waals surface area contributed by atoms with Gasteiger partial charge in [-0.25, -0.2) is 4.98 Å². The molecule has 2 aromatic carbocycles. The van der Waals surface area contributed by atoms with E-state index >= 15 is 0 Å². The van der Waals surface area contributed by atoms with Crippen molar-refractivity contribution in [2.75, 3.05) is 12.0 Å². The Hall–Kier alpha value is -2.60. The molecule has 0 unspecified atom stereocenters. The predicted octanol–water partition coefficient (Wildman–Crippen LogP) is 3.13. The van der Waals surface area contributed by atoms with E-state index in [0.29, 0.717) is 10.9 Å². The fraction of sp³-hybridized carbons (Fsp3) is 0.125. The van der Waals surface area contributed by atoms with Crippen molar-refractivity contribution in [3.63, 3.8) is 0 Å². The van der Waals surface area contributed by atoms with Crippen LogP contribution in [-0.2, 0) is 4.79 Å². The first-order valence-corrected chi connectivity index (χ1v) is 7.63. The van der Waals surface area contributed by atoms with Gasteiger partial charge < -0.3 is 4.74 Å². The van der Waals surface area contributed by atoms with E-state index in [1.165, 1.54) is 11.3 Å². The van der Waals surface area contributed by atoms with Crippen LogP contribution in [0.1, 0.15) is 5.56 Å². The third kappa shape index (κ3) is 3.35. The number of hydrogen-bond acceptors (Lipinski definition) is 5. The number of benzene rings is 2. The number of hydrogen-bond donors (Lipinski definition) is 2. The molecule has 3 aromatic rings. The monoisotopic (exact) mass is 313 g/mol. The highest BCUT2D eigenvalue weighted by atomic mass is 32.1. The third-order valence-electron chi connectivity index (χ3n) is 3.04. The van der Waals surface area contributed by atoms with Crippen molar-refractivity contribution in [1.82, 2.24) is 10.4 Å². The summed E-state index contributed by atoms with van der Waals surface area (Å²) in [6.45, 7) is 1.96. The minimum atomic E-state index is -0.264. The van der Waals surface area contributed by atoms with Gasteiger partial charge in [-0.1, -0.05) is 41.7 Å². The van der Waals surface area contributed by atoms with Crippen molar-refractivity contribution in [1.29, 1.82) is 0 Å². The number of fused-ring (bicyclic) bond motifs is 1. The summed E-state index contributed by atoms with van der Waals surface area (Å²) in [7, 11) is 0. The second-order valence-corrected chi connectivity index (χ2v) is 5.75. The van der Waals surface area contributed by atoms with Crippen LogP contribution < -0.4 is 15.6 Å². The Labute approximate surface area is 131 Å². The summed E-state index contributed by atoms with van der Waals surface area (Å²) in [5.74, 6) is 0.396. The SMILES string of the molecule is Cc1cccc2sc(NNC(=O)COc3ccccc3)nc12. The Morgan fingerprint density at radius 3 is 2.77 bits per heavy atom. The van der Waals surface area contributed by atoms with E-state index in [9.17, 15) is 4.79 Å². The number of nitrogens with one attached hydrogen (secondary N) is 2. The molecule has 0 fully saturated rings. The molecule has 112 valence electrons. The molecule has 0 aliphatic rings. The van der Waals surface area contributed by atoms with E-state index < -0.39 is 0 Å². The molecule has 0 aliphatic carbocycles. The highest BCUT2D eigenvalue weighted by molar-refractivity contribution is 7.22. The molecular formula is C16H15N3O2S. The summed E-state index contributed by atoms with van der Waals surface area (Å²) in [5.41, 5.74) is 7.47. The highest BCUT2D eigenvalue weighted by Gasteiger charge is 2.07. The smallest absolute Gasteiger partial charge is 0.276 e. The summed E-state index contributed by atoms with van der Waals surface area (Å²) in [4.78, 5) is 16.2. The average Bonchev–Trinajstić information content (AvgIpc) is 2.96. The Balaban J connectivity index is 1.55. The van der Waals surface area contributed by atoms with Crippen molar-refractivity contribution in [2.24, 2.45) is 0 Å². The largest absolute Gasteiger partial charge is 0.484 e. The number of aryl methyl sites for hydroxylation is 1. The fourth-order valence-corrected chi connectivity index (χ4v) is 2.86. The molecule has 1 heterocycles. The lowest BCUT2D eigenvalue weighted by Gasteiger charge is -2.07. The van der Waals surface area contributed by atoms with Crippen LogP contribution in [0.5, 0.6) is 5.75 Å². The van der Waals surface area contributed by atoms with Crippen LogP contribution in [0.25, 0.3) is 10.2 Å². The van der Waals surface area contributed by atoms with Gasteiger partial charge in [-0.15, -0.1) is 0 Å². The van der Waals surface area contributed by atoms with Crippen LogP contribution in [0.4, 0.5) is 5.13 Å². The van der Waals surface area contributed by atoms with Crippen molar-refractivity contribution < 1.29 is 9.53 Å². The number of nitrogens with zero attached hydrogens (tertiary/aromatic N) is 1. The van der Waals surface area contributed by atoms with E-state index in [-0.39, 0.29) is 12.5 Å². The van der Waals surface area contributed by atoms with Crippen molar-refractivity contribution in [3.05, 3.63) is 54.1 Å². The molecular weight excluding hydrogens is 298 g/mol. The lowest BCUT2D eigenvalue weighted by Crippen LogP contribution is -2.33. The van der Waals surface area contributed by atoms with Crippen molar-refractivity contribution in [3.8, 4) is 5.75 Å². The molecule has 5 nitrogen and oxygen atoms in total. The zero-order valence-electron chi connectivity index (χ0n) is 12.0. The number of para-hydroxylation sites is 2. The quantitative estimate of drug-likeness (QED) is 0.710. The number of carbonyl (C=O) groups excluding carboxylic acids is 1. The molecule has 1 aromatic heterocycles. The number of amides is 1. The van der Waals surface area contributed by atoms with Crippen LogP contribution in [-0.4, -0.2) is 17.5 Å². The Bertz CT molecular complexity index is 786. The van der Waals surface area contributed by atoms with Crippen LogP contribution in [0.2, 0.25) is 0 Å². The first kappa shape index (κ1) is 14.3. The van der Waals surface area contributed by atoms with E-state index in [4.69, 9.17) is 4.74 Å². The normalized spacial score (nSPS) is 10.4. The minimum Gasteiger partial charge on any atom is -0.484 e. The molecule has 0 aliphatic heterocycles. The van der Waals surface area contributed by atoms with Crippen LogP contribution in [0.3, 0.4) is 0 Å². The van der Waals surface area contributed by atoms with Crippen LogP contribution >= 0.6 is 11.3 Å². The average molecular weight is 313 g/mol. The van der Waals surface area contributed by atoms with Gasteiger partial charge in [-0.2, -0.15) is 0 Å². The minimum absolute atomic E-state index is 0.0546. The fourth-order valence-electron chi connectivity index (χ4n) is 1.96. The molecule has 0 saturated carbocycles. The van der Waals surface area contributed by atoms with Crippen molar-refractivity contribution in [2.45, 2.75) is 6.92 Å². The van der Waals surface area contributed by atoms with Gasteiger partial charge in [0, 0.05) is 0 Å². The third-order valence-corrected chi connectivity index (χ3v) is 3.98. The number of carbonyl (C=O) groups is 1. The summed E-state index contributed by atoms with van der Waals surface area (Å²) in [6, 6.07) is 15.2. The van der Waals surface area contributed by atoms with Gasteiger partial charge in [0.25, 0.3) is 5.91 Å². The zero-order valence-corrected chi connectivity index (χ0v) is 12.8. The van der Waals surface area contributed by atoms with E-state index in [1.807, 2.05) is 43.3 Å². The Kier molecular flexibility index (Phi) is 4.20. The lowest BCUT2D eigenvalue weighted by molar-refractivity contribution is -0.122. The van der Waals surface area contributed by atoms with E-state index in [1.54, 1.807) is 12.1 Å². The summed E-state index contributed by atoms with van der Waals surface area (Å²) in [5, 5.41) is 0.650. The molecule has 0 bridgehead atoms. The second kappa shape index (κ2) is 6.44. The first-order valence-electron chi connectivity index (χ1n) is 6.81. The first-order chi connectivity index (χ1) is 10.7.